The first-order valence-corrected chi connectivity index (χ1v) is 7.55. The highest BCUT2D eigenvalue weighted by Crippen LogP contribution is 2.70. The smallest absolute Gasteiger partial charge is 0.122 e. The first kappa shape index (κ1) is 13.0. The van der Waals surface area contributed by atoms with Crippen LogP contribution in [0.5, 0.6) is 5.75 Å². The summed E-state index contributed by atoms with van der Waals surface area (Å²) in [5, 5.41) is 0. The van der Waals surface area contributed by atoms with Crippen LogP contribution in [0, 0.1) is 23.7 Å². The van der Waals surface area contributed by atoms with Gasteiger partial charge in [-0.1, -0.05) is 32.9 Å². The molecule has 4 atom stereocenters. The number of benzene rings is 1. The van der Waals surface area contributed by atoms with Crippen molar-refractivity contribution in [3.63, 3.8) is 0 Å². The summed E-state index contributed by atoms with van der Waals surface area (Å²) in [6.07, 6.45) is 4.09. The lowest BCUT2D eigenvalue weighted by Gasteiger charge is -2.35. The third kappa shape index (κ3) is 1.67. The molecule has 2 fully saturated rings. The third-order valence-electron chi connectivity index (χ3n) is 6.50. The van der Waals surface area contributed by atoms with Crippen molar-refractivity contribution in [1.82, 2.24) is 0 Å². The average molecular weight is 258 g/mol. The lowest BCUT2D eigenvalue weighted by Crippen LogP contribution is -2.24. The first-order valence-electron chi connectivity index (χ1n) is 7.55. The van der Waals surface area contributed by atoms with Crippen LogP contribution in [0.3, 0.4) is 0 Å². The normalized spacial score (nSPS) is 40.7. The van der Waals surface area contributed by atoms with E-state index in [4.69, 9.17) is 4.74 Å². The fourth-order valence-electron chi connectivity index (χ4n) is 4.81. The van der Waals surface area contributed by atoms with E-state index in [1.54, 1.807) is 7.11 Å². The molecular weight excluding hydrogens is 232 g/mol. The number of hydrogen-bond acceptors (Lipinski definition) is 1. The first-order chi connectivity index (χ1) is 8.90. The van der Waals surface area contributed by atoms with Crippen molar-refractivity contribution in [1.29, 1.82) is 0 Å². The van der Waals surface area contributed by atoms with Gasteiger partial charge in [0.1, 0.15) is 5.75 Å². The van der Waals surface area contributed by atoms with Crippen LogP contribution < -0.4 is 4.74 Å². The minimum absolute atomic E-state index is 0.456. The Balaban J connectivity index is 2.05. The van der Waals surface area contributed by atoms with Crippen molar-refractivity contribution in [2.24, 2.45) is 16.7 Å². The standard InChI is InChI=1S/C18H26O/c1-12-6-7-14(16(10-12)19-5)15-11-17(3)8-9-18(15,4)13(17)2/h6-7,10,13,15H,8-9,11H2,1-5H3/t13?,15-,17+,18+/m0/s1. The average Bonchev–Trinajstić information content (AvgIpc) is 2.73. The van der Waals surface area contributed by atoms with Gasteiger partial charge in [-0.25, -0.2) is 0 Å². The molecule has 1 aromatic rings. The Morgan fingerprint density at radius 2 is 1.95 bits per heavy atom. The molecule has 0 saturated heterocycles. The summed E-state index contributed by atoms with van der Waals surface area (Å²) in [7, 11) is 1.80. The molecule has 0 radical (unpaired) electrons. The summed E-state index contributed by atoms with van der Waals surface area (Å²) in [6, 6.07) is 6.73. The molecule has 104 valence electrons. The third-order valence-corrected chi connectivity index (χ3v) is 6.50. The molecule has 0 aromatic heterocycles. The van der Waals surface area contributed by atoms with Gasteiger partial charge >= 0.3 is 0 Å². The molecule has 1 nitrogen and oxygen atoms in total. The second-order valence-corrected chi connectivity index (χ2v) is 7.38. The van der Waals surface area contributed by atoms with Crippen molar-refractivity contribution < 1.29 is 4.74 Å². The van der Waals surface area contributed by atoms with Gasteiger partial charge in [0.2, 0.25) is 0 Å². The number of methoxy groups -OCH3 is 1. The van der Waals surface area contributed by atoms with E-state index >= 15 is 0 Å². The van der Waals surface area contributed by atoms with Gasteiger partial charge in [0.15, 0.2) is 0 Å². The molecule has 19 heavy (non-hydrogen) atoms. The second kappa shape index (κ2) is 4.01. The summed E-state index contributed by atoms with van der Waals surface area (Å²) < 4.78 is 5.66. The van der Waals surface area contributed by atoms with E-state index in [-0.39, 0.29) is 0 Å². The molecule has 2 aliphatic carbocycles. The minimum Gasteiger partial charge on any atom is -0.496 e. The predicted molar refractivity (Wildman–Crippen MR) is 79.7 cm³/mol. The van der Waals surface area contributed by atoms with E-state index in [0.717, 1.165) is 11.7 Å². The van der Waals surface area contributed by atoms with Gasteiger partial charge < -0.3 is 4.74 Å². The van der Waals surface area contributed by atoms with E-state index < -0.39 is 0 Å². The molecule has 2 aliphatic rings. The largest absolute Gasteiger partial charge is 0.496 e. The number of fused-ring (bicyclic) bond motifs is 2. The molecule has 0 aliphatic heterocycles. The second-order valence-electron chi connectivity index (χ2n) is 7.38. The fourth-order valence-corrected chi connectivity index (χ4v) is 4.81. The van der Waals surface area contributed by atoms with Crippen LogP contribution >= 0.6 is 0 Å². The van der Waals surface area contributed by atoms with Crippen molar-refractivity contribution in [2.75, 3.05) is 7.11 Å². The van der Waals surface area contributed by atoms with Crippen molar-refractivity contribution >= 4 is 0 Å². The summed E-state index contributed by atoms with van der Waals surface area (Å²) in [5.74, 6) is 2.57. The zero-order chi connectivity index (χ0) is 13.8. The number of aryl methyl sites for hydroxylation is 1. The number of ether oxygens (including phenoxy) is 1. The van der Waals surface area contributed by atoms with E-state index in [1.165, 1.54) is 30.4 Å². The molecule has 2 bridgehead atoms. The summed E-state index contributed by atoms with van der Waals surface area (Å²) >= 11 is 0. The van der Waals surface area contributed by atoms with Crippen LogP contribution in [0.25, 0.3) is 0 Å². The van der Waals surface area contributed by atoms with Crippen LogP contribution in [-0.2, 0) is 0 Å². The van der Waals surface area contributed by atoms with Gasteiger partial charge in [0.05, 0.1) is 7.11 Å². The Morgan fingerprint density at radius 3 is 2.47 bits per heavy atom. The van der Waals surface area contributed by atoms with Gasteiger partial charge in [0.25, 0.3) is 0 Å². The van der Waals surface area contributed by atoms with Crippen LogP contribution in [0.2, 0.25) is 0 Å². The molecule has 1 unspecified atom stereocenters. The maximum Gasteiger partial charge on any atom is 0.122 e. The highest BCUT2D eigenvalue weighted by molar-refractivity contribution is 5.42. The summed E-state index contributed by atoms with van der Waals surface area (Å²) in [4.78, 5) is 0. The van der Waals surface area contributed by atoms with Gasteiger partial charge in [-0.05, 0) is 66.0 Å². The molecule has 0 amide bonds. The molecule has 1 heteroatoms. The summed E-state index contributed by atoms with van der Waals surface area (Å²) in [6.45, 7) is 9.59. The van der Waals surface area contributed by atoms with E-state index in [1.807, 2.05) is 0 Å². The van der Waals surface area contributed by atoms with Crippen molar-refractivity contribution in [2.45, 2.75) is 52.9 Å². The van der Waals surface area contributed by atoms with E-state index in [0.29, 0.717) is 16.7 Å². The number of rotatable bonds is 2. The lowest BCUT2D eigenvalue weighted by molar-refractivity contribution is 0.223. The Bertz CT molecular complexity index is 506. The fraction of sp³-hybridized carbons (Fsp3) is 0.667. The SMILES string of the molecule is COc1cc(C)ccc1[C@@H]1C[C@@]2(C)CC[C@]1(C)C2C. The molecule has 0 heterocycles. The van der Waals surface area contributed by atoms with Crippen LogP contribution in [0.4, 0.5) is 0 Å². The van der Waals surface area contributed by atoms with Gasteiger partial charge in [-0.2, -0.15) is 0 Å². The Morgan fingerprint density at radius 1 is 1.21 bits per heavy atom. The highest BCUT2D eigenvalue weighted by Gasteiger charge is 2.60. The van der Waals surface area contributed by atoms with Crippen molar-refractivity contribution in [3.8, 4) is 5.75 Å². The molecule has 2 saturated carbocycles. The molecule has 0 N–H and O–H groups in total. The maximum absolute atomic E-state index is 5.66. The monoisotopic (exact) mass is 258 g/mol. The highest BCUT2D eigenvalue weighted by atomic mass is 16.5. The maximum atomic E-state index is 5.66. The molecule has 0 spiro atoms. The zero-order valence-corrected chi connectivity index (χ0v) is 12.9. The van der Waals surface area contributed by atoms with Crippen LogP contribution in [0.15, 0.2) is 18.2 Å². The predicted octanol–water partition coefficient (Wildman–Crippen LogP) is 4.93. The number of hydrogen-bond donors (Lipinski definition) is 0. The van der Waals surface area contributed by atoms with E-state index in [9.17, 15) is 0 Å². The van der Waals surface area contributed by atoms with Crippen LogP contribution in [0.1, 0.15) is 57.1 Å². The quantitative estimate of drug-likeness (QED) is 0.730. The van der Waals surface area contributed by atoms with Crippen molar-refractivity contribution in [3.05, 3.63) is 29.3 Å². The van der Waals surface area contributed by atoms with Gasteiger partial charge in [-0.3, -0.25) is 0 Å². The topological polar surface area (TPSA) is 9.23 Å². The van der Waals surface area contributed by atoms with Crippen LogP contribution in [-0.4, -0.2) is 7.11 Å². The summed E-state index contributed by atoms with van der Waals surface area (Å²) in [5.41, 5.74) is 3.71. The van der Waals surface area contributed by atoms with E-state index in [2.05, 4.69) is 45.9 Å². The molecular formula is C18H26O. The Labute approximate surface area is 117 Å². The zero-order valence-electron chi connectivity index (χ0n) is 12.9. The molecule has 3 rings (SSSR count). The Hall–Kier alpha value is -0.980. The lowest BCUT2D eigenvalue weighted by atomic mass is 9.70. The molecule has 1 aromatic carbocycles. The Kier molecular flexibility index (Phi) is 2.75. The van der Waals surface area contributed by atoms with Gasteiger partial charge in [-0.15, -0.1) is 0 Å². The minimum atomic E-state index is 0.456. The van der Waals surface area contributed by atoms with Gasteiger partial charge in [0, 0.05) is 0 Å².